The molecule has 270 valence electrons. The first kappa shape index (κ1) is 34.8. The lowest BCUT2D eigenvalue weighted by Gasteiger charge is -2.27. The van der Waals surface area contributed by atoms with Crippen molar-refractivity contribution in [3.8, 4) is 6.07 Å². The van der Waals surface area contributed by atoms with Gasteiger partial charge in [0.2, 0.25) is 11.9 Å². The van der Waals surface area contributed by atoms with Gasteiger partial charge in [0.15, 0.2) is 0 Å². The second-order valence-electron chi connectivity index (χ2n) is 14.2. The van der Waals surface area contributed by atoms with Crippen LogP contribution in [0.4, 0.5) is 11.6 Å². The normalized spacial score (nSPS) is 20.7. The van der Waals surface area contributed by atoms with Crippen LogP contribution in [0.15, 0.2) is 67.0 Å². The number of rotatable bonds is 9. The molecule has 2 saturated carbocycles. The van der Waals surface area contributed by atoms with E-state index in [-0.39, 0.29) is 35.8 Å². The number of morpholine rings is 1. The van der Waals surface area contributed by atoms with Gasteiger partial charge >= 0.3 is 0 Å². The van der Waals surface area contributed by atoms with E-state index in [1.54, 1.807) is 77.2 Å². The topological polar surface area (TPSA) is 163 Å². The smallest absolute Gasteiger partial charge is 0.270 e. The molecule has 2 N–H and O–H groups in total. The van der Waals surface area contributed by atoms with Crippen LogP contribution < -0.4 is 15.5 Å². The molecule has 4 heterocycles. The van der Waals surface area contributed by atoms with Crippen molar-refractivity contribution >= 4 is 58.5 Å². The highest BCUT2D eigenvalue weighted by molar-refractivity contribution is 6.35. The second kappa shape index (κ2) is 13.0. The van der Waals surface area contributed by atoms with Crippen molar-refractivity contribution < 1.29 is 23.9 Å². The number of fused-ring (bicyclic) bond motifs is 1. The highest BCUT2D eigenvalue weighted by Crippen LogP contribution is 2.47. The molecule has 8 rings (SSSR count). The number of benzene rings is 2. The summed E-state index contributed by atoms with van der Waals surface area (Å²) in [6.45, 7) is 3.78. The first-order valence-corrected chi connectivity index (χ1v) is 18.1. The van der Waals surface area contributed by atoms with E-state index < -0.39 is 22.5 Å². The molecule has 2 aromatic heterocycles. The largest absolute Gasteiger partial charge is 0.378 e. The van der Waals surface area contributed by atoms with Gasteiger partial charge in [0.25, 0.3) is 17.7 Å². The molecular weight excluding hydrogens is 719 g/mol. The SMILES string of the molecule is C[C@@]1(Cc2ccc(C#N)cc2)C(=O)N(c2cc(Cl)cc(Cl)c2)c2ncc(C(=O)NC3(C(=O)NC4(c5ccc(C(=O)N6CCOCC6)cn5)CC4)CC3)n21. The summed E-state index contributed by atoms with van der Waals surface area (Å²) in [4.78, 5) is 67.6. The van der Waals surface area contributed by atoms with Crippen LogP contribution in [0.3, 0.4) is 0 Å². The number of nitrogens with one attached hydrogen (secondary N) is 2. The molecule has 4 aromatic rings. The van der Waals surface area contributed by atoms with Crippen LogP contribution in [-0.2, 0) is 31.8 Å². The van der Waals surface area contributed by atoms with Crippen molar-refractivity contribution in [1.82, 2.24) is 30.1 Å². The number of aromatic nitrogens is 3. The van der Waals surface area contributed by atoms with Crippen LogP contribution in [0, 0.1) is 11.3 Å². The van der Waals surface area contributed by atoms with Crippen LogP contribution in [-0.4, -0.2) is 74.9 Å². The van der Waals surface area contributed by atoms with E-state index in [9.17, 15) is 24.4 Å². The molecule has 4 aliphatic rings. The third-order valence-corrected chi connectivity index (χ3v) is 10.9. The average molecular weight is 754 g/mol. The van der Waals surface area contributed by atoms with Crippen LogP contribution in [0.5, 0.6) is 0 Å². The molecule has 13 nitrogen and oxygen atoms in total. The molecule has 0 bridgehead atoms. The summed E-state index contributed by atoms with van der Waals surface area (Å²) >= 11 is 12.7. The number of pyridine rings is 1. The Labute approximate surface area is 314 Å². The van der Waals surface area contributed by atoms with Crippen LogP contribution >= 0.6 is 23.2 Å². The number of imidazole rings is 1. The summed E-state index contributed by atoms with van der Waals surface area (Å²) < 4.78 is 6.94. The lowest BCUT2D eigenvalue weighted by Crippen LogP contribution is -2.52. The average Bonchev–Trinajstić information content (AvgIpc) is 4.06. The summed E-state index contributed by atoms with van der Waals surface area (Å²) in [5, 5.41) is 16.1. The Morgan fingerprint density at radius 3 is 2.23 bits per heavy atom. The van der Waals surface area contributed by atoms with E-state index in [0.717, 1.165) is 5.56 Å². The van der Waals surface area contributed by atoms with Gasteiger partial charge < -0.3 is 20.3 Å². The highest BCUT2D eigenvalue weighted by atomic mass is 35.5. The molecule has 0 radical (unpaired) electrons. The van der Waals surface area contributed by atoms with E-state index in [4.69, 9.17) is 27.9 Å². The number of carbonyl (C=O) groups is 4. The highest BCUT2D eigenvalue weighted by Gasteiger charge is 2.57. The molecule has 1 atom stereocenters. The molecule has 53 heavy (non-hydrogen) atoms. The number of anilines is 2. The summed E-state index contributed by atoms with van der Waals surface area (Å²) in [6, 6.07) is 17.2. The van der Waals surface area contributed by atoms with E-state index in [1.165, 1.54) is 11.1 Å². The molecule has 3 fully saturated rings. The Bertz CT molecular complexity index is 2180. The van der Waals surface area contributed by atoms with E-state index >= 15 is 0 Å². The van der Waals surface area contributed by atoms with Crippen molar-refractivity contribution in [1.29, 1.82) is 5.26 Å². The van der Waals surface area contributed by atoms with Crippen LogP contribution in [0.25, 0.3) is 0 Å². The number of amides is 4. The summed E-state index contributed by atoms with van der Waals surface area (Å²) in [7, 11) is 0. The third kappa shape index (κ3) is 6.20. The minimum Gasteiger partial charge on any atom is -0.378 e. The number of nitriles is 1. The molecule has 1 saturated heterocycles. The van der Waals surface area contributed by atoms with E-state index in [1.807, 2.05) is 0 Å². The van der Waals surface area contributed by atoms with Crippen LogP contribution in [0.2, 0.25) is 10.0 Å². The number of carbonyl (C=O) groups excluding carboxylic acids is 4. The second-order valence-corrected chi connectivity index (χ2v) is 15.1. The number of halogens is 2. The molecule has 15 heteroatoms. The van der Waals surface area contributed by atoms with Gasteiger partial charge in [-0.3, -0.25) is 28.7 Å². The van der Waals surface area contributed by atoms with Gasteiger partial charge in [-0.25, -0.2) is 9.88 Å². The molecule has 2 aromatic carbocycles. The Hall–Kier alpha value is -5.29. The molecule has 2 aliphatic carbocycles. The maximum Gasteiger partial charge on any atom is 0.270 e. The summed E-state index contributed by atoms with van der Waals surface area (Å²) in [5.41, 5.74) is -0.343. The maximum absolute atomic E-state index is 14.4. The van der Waals surface area contributed by atoms with Gasteiger partial charge in [0.1, 0.15) is 16.8 Å². The fraction of sp³-hybridized carbons (Fsp3) is 0.342. The molecular formula is C38H34Cl2N8O5. The predicted octanol–water partition coefficient (Wildman–Crippen LogP) is 4.63. The predicted molar refractivity (Wildman–Crippen MR) is 194 cm³/mol. The summed E-state index contributed by atoms with van der Waals surface area (Å²) in [5.74, 6) is -1.16. The zero-order valence-electron chi connectivity index (χ0n) is 28.7. The number of hydrogen-bond donors (Lipinski definition) is 2. The first-order chi connectivity index (χ1) is 25.4. The fourth-order valence-corrected chi connectivity index (χ4v) is 7.71. The van der Waals surface area contributed by atoms with Gasteiger partial charge in [-0.2, -0.15) is 5.26 Å². The summed E-state index contributed by atoms with van der Waals surface area (Å²) in [6.07, 6.45) is 5.30. The van der Waals surface area contributed by atoms with Gasteiger partial charge in [0, 0.05) is 35.8 Å². The maximum atomic E-state index is 14.4. The Morgan fingerprint density at radius 2 is 1.62 bits per heavy atom. The van der Waals surface area contributed by atoms with E-state index in [0.29, 0.717) is 84.5 Å². The van der Waals surface area contributed by atoms with Gasteiger partial charge in [-0.05, 0) is 80.6 Å². The molecule has 0 unspecified atom stereocenters. The lowest BCUT2D eigenvalue weighted by molar-refractivity contribution is -0.125. The zero-order valence-corrected chi connectivity index (χ0v) is 30.2. The Balaban J connectivity index is 1.04. The van der Waals surface area contributed by atoms with Crippen molar-refractivity contribution in [2.75, 3.05) is 31.2 Å². The minimum atomic E-state index is -1.33. The number of ether oxygens (including phenoxy) is 1. The van der Waals surface area contributed by atoms with Crippen molar-refractivity contribution in [3.05, 3.63) is 105 Å². The first-order valence-electron chi connectivity index (χ1n) is 17.3. The fourth-order valence-electron chi connectivity index (χ4n) is 7.20. The minimum absolute atomic E-state index is 0.0996. The Kier molecular flexibility index (Phi) is 8.52. The third-order valence-electron chi connectivity index (χ3n) is 10.5. The van der Waals surface area contributed by atoms with Crippen LogP contribution in [0.1, 0.15) is 70.3 Å². The van der Waals surface area contributed by atoms with Crippen molar-refractivity contribution in [3.63, 3.8) is 0 Å². The molecule has 4 amide bonds. The quantitative estimate of drug-likeness (QED) is 0.250. The van der Waals surface area contributed by atoms with Crippen molar-refractivity contribution in [2.45, 2.75) is 55.6 Å². The zero-order chi connectivity index (χ0) is 37.1. The molecule has 2 aliphatic heterocycles. The van der Waals surface area contributed by atoms with Gasteiger partial charge in [-0.15, -0.1) is 0 Å². The van der Waals surface area contributed by atoms with Gasteiger partial charge in [0.05, 0.1) is 53.5 Å². The number of nitrogens with zero attached hydrogens (tertiary/aromatic N) is 6. The monoisotopic (exact) mass is 752 g/mol. The Morgan fingerprint density at radius 1 is 0.925 bits per heavy atom. The van der Waals surface area contributed by atoms with Crippen molar-refractivity contribution in [2.24, 2.45) is 0 Å². The van der Waals surface area contributed by atoms with Gasteiger partial charge in [-0.1, -0.05) is 35.3 Å². The van der Waals surface area contributed by atoms with E-state index in [2.05, 4.69) is 26.7 Å². The number of hydrogen-bond acceptors (Lipinski definition) is 8. The standard InChI is InChI=1S/C38H34Cl2N8O5/c1-36(19-23-2-4-24(20-41)5-3-23)34(52)47(28-17-26(39)16-27(40)18-28)35-43-22-29(48(35)36)31(49)44-38(10-11-38)33(51)45-37(8-9-37)30-7-6-25(21-42-30)32(50)46-12-14-53-15-13-46/h2-7,16-18,21-22H,8-15,19H2,1H3,(H,44,49)(H,45,51)/t36-/m1/s1. The lowest BCUT2D eigenvalue weighted by atomic mass is 9.91. The molecule has 0 spiro atoms.